The van der Waals surface area contributed by atoms with Crippen LogP contribution in [0.2, 0.25) is 5.02 Å². The predicted octanol–water partition coefficient (Wildman–Crippen LogP) is 4.62. The van der Waals surface area contributed by atoms with E-state index in [-0.39, 0.29) is 18.2 Å². The van der Waals surface area contributed by atoms with Gasteiger partial charge < -0.3 is 14.0 Å². The monoisotopic (exact) mass is 386 g/mol. The Morgan fingerprint density at radius 3 is 2.59 bits per heavy atom. The molecule has 1 aromatic carbocycles. The van der Waals surface area contributed by atoms with E-state index in [0.29, 0.717) is 11.6 Å². The summed E-state index contributed by atoms with van der Waals surface area (Å²) in [6.45, 7) is 6.66. The molecule has 0 aliphatic rings. The molecule has 5 nitrogen and oxygen atoms in total. The van der Waals surface area contributed by atoms with Gasteiger partial charge in [-0.3, -0.25) is 0 Å². The fraction of sp³-hybridized carbons (Fsp3) is 0.333. The largest absolute Gasteiger partial charge is 0.457 e. The van der Waals surface area contributed by atoms with Crippen LogP contribution in [0.4, 0.5) is 0 Å². The summed E-state index contributed by atoms with van der Waals surface area (Å²) in [7, 11) is 1.66. The lowest BCUT2D eigenvalue weighted by atomic mass is 10.1. The zero-order valence-corrected chi connectivity index (χ0v) is 16.7. The SMILES string of the molecule is COC[C@@H](C)n1c(C)cc(/C=C(\C#N)C(=O)OCc2ccc(Cl)cc2)c1C. The van der Waals surface area contributed by atoms with E-state index in [4.69, 9.17) is 21.1 Å². The van der Waals surface area contributed by atoms with Gasteiger partial charge in [-0.1, -0.05) is 23.7 Å². The second-order valence-corrected chi connectivity index (χ2v) is 6.81. The summed E-state index contributed by atoms with van der Waals surface area (Å²) in [5.41, 5.74) is 3.58. The van der Waals surface area contributed by atoms with Crippen molar-refractivity contribution in [3.63, 3.8) is 0 Å². The first kappa shape index (κ1) is 20.8. The molecule has 142 valence electrons. The van der Waals surface area contributed by atoms with Crippen LogP contribution in [0, 0.1) is 25.2 Å². The zero-order chi connectivity index (χ0) is 20.0. The van der Waals surface area contributed by atoms with Crippen molar-refractivity contribution in [2.45, 2.75) is 33.4 Å². The molecule has 0 bridgehead atoms. The second kappa shape index (κ2) is 9.40. The summed E-state index contributed by atoms with van der Waals surface area (Å²) in [4.78, 5) is 12.3. The lowest BCUT2D eigenvalue weighted by molar-refractivity contribution is -0.139. The number of aromatic nitrogens is 1. The average molecular weight is 387 g/mol. The summed E-state index contributed by atoms with van der Waals surface area (Å²) in [6, 6.07) is 11.0. The van der Waals surface area contributed by atoms with Gasteiger partial charge in [0.05, 0.1) is 12.6 Å². The molecular formula is C21H23ClN2O3. The molecule has 0 spiro atoms. The third kappa shape index (κ3) is 5.22. The molecule has 0 saturated heterocycles. The van der Waals surface area contributed by atoms with Crippen LogP contribution in [0.15, 0.2) is 35.9 Å². The van der Waals surface area contributed by atoms with Gasteiger partial charge in [0.1, 0.15) is 18.2 Å². The average Bonchev–Trinajstić information content (AvgIpc) is 2.92. The Kier molecular flexibility index (Phi) is 7.23. The standard InChI is InChI=1S/C21H23ClN2O3/c1-14-9-18(16(3)24(14)15(2)12-26-4)10-19(11-23)21(25)27-13-17-5-7-20(22)8-6-17/h5-10,15H,12-13H2,1-4H3/b19-10+/t15-/m1/s1. The molecule has 0 radical (unpaired) electrons. The number of methoxy groups -OCH3 is 1. The number of carbonyl (C=O) groups excluding carboxylic acids is 1. The highest BCUT2D eigenvalue weighted by molar-refractivity contribution is 6.30. The van der Waals surface area contributed by atoms with Crippen molar-refractivity contribution in [1.29, 1.82) is 5.26 Å². The number of benzene rings is 1. The zero-order valence-electron chi connectivity index (χ0n) is 16.0. The lowest BCUT2D eigenvalue weighted by Crippen LogP contribution is -2.13. The first-order chi connectivity index (χ1) is 12.9. The molecular weight excluding hydrogens is 364 g/mol. The van der Waals surface area contributed by atoms with Crippen molar-refractivity contribution in [2.24, 2.45) is 0 Å². The number of nitriles is 1. The third-order valence-corrected chi connectivity index (χ3v) is 4.55. The second-order valence-electron chi connectivity index (χ2n) is 6.37. The van der Waals surface area contributed by atoms with E-state index >= 15 is 0 Å². The predicted molar refractivity (Wildman–Crippen MR) is 105 cm³/mol. The molecule has 0 aliphatic heterocycles. The van der Waals surface area contributed by atoms with Gasteiger partial charge >= 0.3 is 5.97 Å². The highest BCUT2D eigenvalue weighted by atomic mass is 35.5. The highest BCUT2D eigenvalue weighted by Gasteiger charge is 2.16. The van der Waals surface area contributed by atoms with Gasteiger partial charge in [0.25, 0.3) is 0 Å². The molecule has 0 fully saturated rings. The maximum atomic E-state index is 12.3. The molecule has 2 aromatic rings. The van der Waals surface area contributed by atoms with Crippen LogP contribution in [-0.4, -0.2) is 24.3 Å². The first-order valence-electron chi connectivity index (χ1n) is 8.58. The summed E-state index contributed by atoms with van der Waals surface area (Å²) in [6.07, 6.45) is 1.57. The molecule has 0 N–H and O–H groups in total. The molecule has 1 aromatic heterocycles. The number of hydrogen-bond donors (Lipinski definition) is 0. The van der Waals surface area contributed by atoms with Crippen LogP contribution in [0.25, 0.3) is 6.08 Å². The normalized spacial score (nSPS) is 12.5. The Balaban J connectivity index is 2.17. The quantitative estimate of drug-likeness (QED) is 0.396. The van der Waals surface area contributed by atoms with Crippen molar-refractivity contribution in [1.82, 2.24) is 4.57 Å². The van der Waals surface area contributed by atoms with Crippen LogP contribution >= 0.6 is 11.6 Å². The van der Waals surface area contributed by atoms with E-state index < -0.39 is 5.97 Å². The molecule has 1 heterocycles. The fourth-order valence-electron chi connectivity index (χ4n) is 3.04. The molecule has 27 heavy (non-hydrogen) atoms. The number of rotatable bonds is 7. The Bertz CT molecular complexity index is 876. The Morgan fingerprint density at radius 1 is 1.33 bits per heavy atom. The number of ether oxygens (including phenoxy) is 2. The van der Waals surface area contributed by atoms with Gasteiger partial charge in [-0.05, 0) is 56.2 Å². The van der Waals surface area contributed by atoms with Gasteiger partial charge in [-0.25, -0.2) is 4.79 Å². The van der Waals surface area contributed by atoms with Crippen LogP contribution in [-0.2, 0) is 20.9 Å². The summed E-state index contributed by atoms with van der Waals surface area (Å²) >= 11 is 5.84. The van der Waals surface area contributed by atoms with Gasteiger partial charge in [0, 0.05) is 23.5 Å². The molecule has 0 saturated carbocycles. The minimum atomic E-state index is -0.651. The summed E-state index contributed by atoms with van der Waals surface area (Å²) in [5, 5.41) is 10.0. The van der Waals surface area contributed by atoms with E-state index in [1.807, 2.05) is 26.0 Å². The van der Waals surface area contributed by atoms with Crippen molar-refractivity contribution in [2.75, 3.05) is 13.7 Å². The van der Waals surface area contributed by atoms with Gasteiger partial charge in [-0.15, -0.1) is 0 Å². The van der Waals surface area contributed by atoms with Crippen molar-refractivity contribution in [3.8, 4) is 6.07 Å². The van der Waals surface area contributed by atoms with E-state index in [2.05, 4.69) is 11.5 Å². The number of aryl methyl sites for hydroxylation is 1. The number of nitrogens with zero attached hydrogens (tertiary/aromatic N) is 2. The smallest absolute Gasteiger partial charge is 0.349 e. The fourth-order valence-corrected chi connectivity index (χ4v) is 3.17. The van der Waals surface area contributed by atoms with E-state index in [9.17, 15) is 10.1 Å². The maximum Gasteiger partial charge on any atom is 0.349 e. The molecule has 0 amide bonds. The minimum absolute atomic E-state index is 0.0383. The molecule has 6 heteroatoms. The molecule has 1 atom stereocenters. The molecule has 0 unspecified atom stereocenters. The number of esters is 1. The van der Waals surface area contributed by atoms with Crippen molar-refractivity contribution >= 4 is 23.6 Å². The summed E-state index contributed by atoms with van der Waals surface area (Å²) < 4.78 is 12.6. The minimum Gasteiger partial charge on any atom is -0.457 e. The Morgan fingerprint density at radius 2 is 2.00 bits per heavy atom. The highest BCUT2D eigenvalue weighted by Crippen LogP contribution is 2.23. The van der Waals surface area contributed by atoms with Crippen LogP contribution in [0.1, 0.15) is 35.5 Å². The van der Waals surface area contributed by atoms with Gasteiger partial charge in [-0.2, -0.15) is 5.26 Å². The number of hydrogen-bond acceptors (Lipinski definition) is 4. The summed E-state index contributed by atoms with van der Waals surface area (Å²) in [5.74, 6) is -0.651. The Labute approximate surface area is 164 Å². The van der Waals surface area contributed by atoms with Crippen LogP contribution in [0.5, 0.6) is 0 Å². The van der Waals surface area contributed by atoms with Crippen molar-refractivity contribution in [3.05, 3.63) is 63.4 Å². The van der Waals surface area contributed by atoms with E-state index in [1.165, 1.54) is 0 Å². The van der Waals surface area contributed by atoms with Crippen LogP contribution in [0.3, 0.4) is 0 Å². The lowest BCUT2D eigenvalue weighted by Gasteiger charge is -2.17. The third-order valence-electron chi connectivity index (χ3n) is 4.30. The van der Waals surface area contributed by atoms with Gasteiger partial charge in [0.2, 0.25) is 0 Å². The van der Waals surface area contributed by atoms with E-state index in [1.54, 1.807) is 37.5 Å². The Hall–Kier alpha value is -2.55. The van der Waals surface area contributed by atoms with Crippen molar-refractivity contribution < 1.29 is 14.3 Å². The van der Waals surface area contributed by atoms with Gasteiger partial charge in [0.15, 0.2) is 0 Å². The van der Waals surface area contributed by atoms with E-state index in [0.717, 1.165) is 22.5 Å². The van der Waals surface area contributed by atoms with Crippen LogP contribution < -0.4 is 0 Å². The number of halogens is 1. The first-order valence-corrected chi connectivity index (χ1v) is 8.96. The number of carbonyl (C=O) groups is 1. The topological polar surface area (TPSA) is 64.2 Å². The molecule has 0 aliphatic carbocycles. The molecule has 2 rings (SSSR count). The maximum absolute atomic E-state index is 12.3.